The number of rotatable bonds is 8. The molecule has 0 aliphatic heterocycles. The number of hydrogen-bond acceptors (Lipinski definition) is 7. The maximum absolute atomic E-state index is 13.2. The summed E-state index contributed by atoms with van der Waals surface area (Å²) in [6, 6.07) is 20.0. The van der Waals surface area contributed by atoms with Crippen LogP contribution in [0.5, 0.6) is 5.88 Å². The van der Waals surface area contributed by atoms with Gasteiger partial charge < -0.3 is 9.47 Å². The summed E-state index contributed by atoms with van der Waals surface area (Å²) in [6.07, 6.45) is 0.153. The van der Waals surface area contributed by atoms with E-state index < -0.39 is 22.5 Å². The van der Waals surface area contributed by atoms with E-state index in [0.717, 1.165) is 11.1 Å². The molecule has 0 N–H and O–H groups in total. The Hall–Kier alpha value is -3.78. The summed E-state index contributed by atoms with van der Waals surface area (Å²) in [7, 11) is 4.89. The van der Waals surface area contributed by atoms with Gasteiger partial charge in [0.05, 0.1) is 12.0 Å². The summed E-state index contributed by atoms with van der Waals surface area (Å²) < 4.78 is 11.2. The van der Waals surface area contributed by atoms with Gasteiger partial charge in [0.1, 0.15) is 5.54 Å². The fourth-order valence-electron chi connectivity index (χ4n) is 3.89. The van der Waals surface area contributed by atoms with Crippen molar-refractivity contribution in [1.82, 2.24) is 9.88 Å². The Labute approximate surface area is 186 Å². The van der Waals surface area contributed by atoms with Crippen LogP contribution in [-0.4, -0.2) is 48.1 Å². The lowest BCUT2D eigenvalue weighted by molar-refractivity contribution is -0.386. The van der Waals surface area contributed by atoms with Gasteiger partial charge in [0.2, 0.25) is 6.10 Å². The largest absolute Gasteiger partial charge is 0.466 e. The van der Waals surface area contributed by atoms with Gasteiger partial charge in [-0.05, 0) is 37.7 Å². The number of likely N-dealkylation sites (N-methyl/N-ethyl adjacent to an activating group) is 1. The van der Waals surface area contributed by atoms with Crippen LogP contribution in [0, 0.1) is 17.0 Å². The van der Waals surface area contributed by atoms with Crippen LogP contribution in [0.15, 0.2) is 72.9 Å². The highest BCUT2D eigenvalue weighted by Gasteiger charge is 2.51. The van der Waals surface area contributed by atoms with Crippen molar-refractivity contribution in [2.24, 2.45) is 0 Å². The third-order valence-corrected chi connectivity index (χ3v) is 5.32. The van der Waals surface area contributed by atoms with Crippen LogP contribution in [0.3, 0.4) is 0 Å². The first-order chi connectivity index (χ1) is 15.3. The van der Waals surface area contributed by atoms with Gasteiger partial charge in [-0.3, -0.25) is 15.0 Å². The lowest BCUT2D eigenvalue weighted by Gasteiger charge is -2.44. The second-order valence-corrected chi connectivity index (χ2v) is 7.51. The standard InChI is InChI=1S/C24H25N3O5/c1-17-15-20(27(29)30)22(25-16-17)32-21(23(28)31-4)24(26(2)3,18-11-7-5-8-12-18)19-13-9-6-10-14-19/h5-16,21H,1-4H3. The molecule has 0 aliphatic carbocycles. The summed E-state index contributed by atoms with van der Waals surface area (Å²) in [4.78, 5) is 30.3. The molecule has 0 saturated heterocycles. The van der Waals surface area contributed by atoms with Crippen LogP contribution in [0.2, 0.25) is 0 Å². The minimum absolute atomic E-state index is 0.255. The number of methoxy groups -OCH3 is 1. The Balaban J connectivity index is 2.31. The van der Waals surface area contributed by atoms with Gasteiger partial charge in [0.15, 0.2) is 0 Å². The Morgan fingerprint density at radius 2 is 1.59 bits per heavy atom. The molecule has 1 unspecified atom stereocenters. The van der Waals surface area contributed by atoms with Crippen LogP contribution >= 0.6 is 0 Å². The van der Waals surface area contributed by atoms with E-state index in [9.17, 15) is 14.9 Å². The number of ether oxygens (including phenoxy) is 2. The molecule has 0 bridgehead atoms. The van der Waals surface area contributed by atoms with Crippen molar-refractivity contribution in [3.63, 3.8) is 0 Å². The number of carbonyl (C=O) groups excluding carboxylic acids is 1. The molecule has 8 heteroatoms. The summed E-state index contributed by atoms with van der Waals surface area (Å²) in [5.74, 6) is -0.947. The molecule has 0 fully saturated rings. The van der Waals surface area contributed by atoms with Crippen LogP contribution in [0.4, 0.5) is 5.69 Å². The normalized spacial score (nSPS) is 12.3. The molecule has 1 aromatic heterocycles. The van der Waals surface area contributed by atoms with Gasteiger partial charge in [-0.25, -0.2) is 9.78 Å². The molecule has 3 rings (SSSR count). The number of esters is 1. The zero-order valence-corrected chi connectivity index (χ0v) is 18.4. The summed E-state index contributed by atoms with van der Waals surface area (Å²) in [6.45, 7) is 1.69. The zero-order valence-electron chi connectivity index (χ0n) is 18.4. The highest BCUT2D eigenvalue weighted by molar-refractivity contribution is 5.79. The fraction of sp³-hybridized carbons (Fsp3) is 0.250. The average molecular weight is 435 g/mol. The second-order valence-electron chi connectivity index (χ2n) is 7.51. The third-order valence-electron chi connectivity index (χ3n) is 5.32. The number of carbonyl (C=O) groups is 1. The maximum atomic E-state index is 13.2. The Morgan fingerprint density at radius 3 is 2.03 bits per heavy atom. The van der Waals surface area contributed by atoms with E-state index in [1.165, 1.54) is 19.4 Å². The molecular formula is C24H25N3O5. The molecule has 1 atom stereocenters. The van der Waals surface area contributed by atoms with Crippen molar-refractivity contribution in [2.45, 2.75) is 18.6 Å². The molecule has 3 aromatic rings. The maximum Gasteiger partial charge on any atom is 0.349 e. The first-order valence-electron chi connectivity index (χ1n) is 9.96. The average Bonchev–Trinajstić information content (AvgIpc) is 2.80. The topological polar surface area (TPSA) is 94.8 Å². The van der Waals surface area contributed by atoms with E-state index in [4.69, 9.17) is 9.47 Å². The number of benzene rings is 2. The van der Waals surface area contributed by atoms with Gasteiger partial charge in [0.25, 0.3) is 5.88 Å². The first kappa shape index (κ1) is 22.9. The Morgan fingerprint density at radius 1 is 1.06 bits per heavy atom. The van der Waals surface area contributed by atoms with Crippen molar-refractivity contribution in [2.75, 3.05) is 21.2 Å². The highest BCUT2D eigenvalue weighted by atomic mass is 16.6. The third kappa shape index (κ3) is 4.17. The van der Waals surface area contributed by atoms with Crippen molar-refractivity contribution in [3.8, 4) is 5.88 Å². The predicted octanol–water partition coefficient (Wildman–Crippen LogP) is 3.72. The molecular weight excluding hydrogens is 410 g/mol. The van der Waals surface area contributed by atoms with Gasteiger partial charge in [-0.15, -0.1) is 0 Å². The molecule has 8 nitrogen and oxygen atoms in total. The number of aryl methyl sites for hydroxylation is 1. The van der Waals surface area contributed by atoms with Gasteiger partial charge >= 0.3 is 11.7 Å². The monoisotopic (exact) mass is 435 g/mol. The van der Waals surface area contributed by atoms with E-state index in [-0.39, 0.29) is 11.6 Å². The van der Waals surface area contributed by atoms with Crippen molar-refractivity contribution >= 4 is 11.7 Å². The summed E-state index contributed by atoms with van der Waals surface area (Å²) >= 11 is 0. The molecule has 0 aliphatic rings. The van der Waals surface area contributed by atoms with E-state index in [2.05, 4.69) is 4.98 Å². The summed E-state index contributed by atoms with van der Waals surface area (Å²) in [5.41, 5.74) is 0.606. The highest BCUT2D eigenvalue weighted by Crippen LogP contribution is 2.41. The number of nitrogens with zero attached hydrogens (tertiary/aromatic N) is 3. The minimum Gasteiger partial charge on any atom is -0.466 e. The number of nitro groups is 1. The van der Waals surface area contributed by atoms with Crippen LogP contribution < -0.4 is 4.74 Å². The van der Waals surface area contributed by atoms with Crippen molar-refractivity contribution in [3.05, 3.63) is 99.7 Å². The molecule has 0 amide bonds. The van der Waals surface area contributed by atoms with E-state index in [1.807, 2.05) is 79.7 Å². The second kappa shape index (κ2) is 9.57. The van der Waals surface area contributed by atoms with Crippen molar-refractivity contribution in [1.29, 1.82) is 0 Å². The number of hydrogen-bond donors (Lipinski definition) is 0. The molecule has 166 valence electrons. The van der Waals surface area contributed by atoms with E-state index in [1.54, 1.807) is 6.92 Å². The lowest BCUT2D eigenvalue weighted by Crippen LogP contribution is -2.57. The Bertz CT molecular complexity index is 1050. The SMILES string of the molecule is COC(=O)C(Oc1ncc(C)cc1[N+](=O)[O-])C(c1ccccc1)(c1ccccc1)N(C)C. The molecule has 32 heavy (non-hydrogen) atoms. The number of aromatic nitrogens is 1. The Kier molecular flexibility index (Phi) is 6.85. The van der Waals surface area contributed by atoms with Crippen molar-refractivity contribution < 1.29 is 19.2 Å². The zero-order chi connectivity index (χ0) is 23.3. The predicted molar refractivity (Wildman–Crippen MR) is 119 cm³/mol. The van der Waals surface area contributed by atoms with Crippen LogP contribution in [-0.2, 0) is 15.1 Å². The van der Waals surface area contributed by atoms with Crippen LogP contribution in [0.1, 0.15) is 16.7 Å². The number of pyridine rings is 1. The van der Waals surface area contributed by atoms with E-state index >= 15 is 0 Å². The quantitative estimate of drug-likeness (QED) is 0.302. The molecule has 0 radical (unpaired) electrons. The van der Waals surface area contributed by atoms with Gasteiger partial charge in [-0.2, -0.15) is 0 Å². The summed E-state index contributed by atoms with van der Waals surface area (Å²) in [5, 5.41) is 11.7. The smallest absolute Gasteiger partial charge is 0.349 e. The molecule has 2 aromatic carbocycles. The lowest BCUT2D eigenvalue weighted by atomic mass is 9.76. The fourth-order valence-corrected chi connectivity index (χ4v) is 3.89. The van der Waals surface area contributed by atoms with Gasteiger partial charge in [-0.1, -0.05) is 60.7 Å². The molecule has 1 heterocycles. The molecule has 0 spiro atoms. The van der Waals surface area contributed by atoms with Gasteiger partial charge in [0, 0.05) is 12.3 Å². The van der Waals surface area contributed by atoms with Crippen LogP contribution in [0.25, 0.3) is 0 Å². The minimum atomic E-state index is -1.30. The van der Waals surface area contributed by atoms with E-state index in [0.29, 0.717) is 5.56 Å². The molecule has 0 saturated carbocycles. The first-order valence-corrected chi connectivity index (χ1v) is 9.96.